The van der Waals surface area contributed by atoms with Crippen LogP contribution in [-0.4, -0.2) is 15.3 Å². The van der Waals surface area contributed by atoms with E-state index in [-0.39, 0.29) is 11.5 Å². The van der Waals surface area contributed by atoms with Crippen molar-refractivity contribution in [2.45, 2.75) is 0 Å². The van der Waals surface area contributed by atoms with Crippen molar-refractivity contribution >= 4 is 17.4 Å². The monoisotopic (exact) mass is 245 g/mol. The molecule has 0 bridgehead atoms. The topological polar surface area (TPSA) is 74.9 Å². The second-order valence-corrected chi connectivity index (χ2v) is 3.49. The third kappa shape index (κ3) is 1.57. The molecule has 7 heteroatoms. The van der Waals surface area contributed by atoms with Gasteiger partial charge in [-0.3, -0.25) is 5.10 Å². The Kier molecular flexibility index (Phi) is 2.43. The molecule has 4 N–H and O–H groups in total. The van der Waals surface area contributed by atoms with Crippen molar-refractivity contribution in [2.75, 3.05) is 5.73 Å². The quantitative estimate of drug-likeness (QED) is 0.675. The summed E-state index contributed by atoms with van der Waals surface area (Å²) in [7, 11) is 0. The number of aromatic amines is 1. The Morgan fingerprint density at radius 2 is 2.06 bits per heavy atom. The van der Waals surface area contributed by atoms with Crippen molar-refractivity contribution in [1.29, 1.82) is 0 Å². The lowest BCUT2D eigenvalue weighted by molar-refractivity contribution is 0.429. The Morgan fingerprint density at radius 1 is 1.38 bits per heavy atom. The summed E-state index contributed by atoms with van der Waals surface area (Å²) in [4.78, 5) is 0. The van der Waals surface area contributed by atoms with Gasteiger partial charge < -0.3 is 10.8 Å². The highest BCUT2D eigenvalue weighted by Gasteiger charge is 2.20. The van der Waals surface area contributed by atoms with E-state index in [9.17, 15) is 13.9 Å². The summed E-state index contributed by atoms with van der Waals surface area (Å²) in [5.41, 5.74) is 4.97. The van der Waals surface area contributed by atoms with Gasteiger partial charge in [-0.25, -0.2) is 8.78 Å². The van der Waals surface area contributed by atoms with Crippen molar-refractivity contribution in [1.82, 2.24) is 10.2 Å². The van der Waals surface area contributed by atoms with Crippen molar-refractivity contribution in [3.8, 4) is 17.0 Å². The summed E-state index contributed by atoms with van der Waals surface area (Å²) < 4.78 is 26.7. The first kappa shape index (κ1) is 10.7. The number of H-pyrrole nitrogens is 1. The number of nitrogens with one attached hydrogen (secondary N) is 1. The van der Waals surface area contributed by atoms with Gasteiger partial charge in [0.1, 0.15) is 5.82 Å². The molecule has 1 aromatic heterocycles. The van der Waals surface area contributed by atoms with E-state index >= 15 is 0 Å². The number of phenols is 1. The first-order valence-corrected chi connectivity index (χ1v) is 4.56. The molecular weight excluding hydrogens is 240 g/mol. The van der Waals surface area contributed by atoms with Gasteiger partial charge in [-0.1, -0.05) is 11.6 Å². The number of halogens is 3. The predicted octanol–water partition coefficient (Wildman–Crippen LogP) is 2.30. The molecule has 0 aliphatic rings. The van der Waals surface area contributed by atoms with Gasteiger partial charge in [0.2, 0.25) is 0 Å². The molecule has 0 fully saturated rings. The molecular formula is C9H6ClF2N3O. The van der Waals surface area contributed by atoms with Gasteiger partial charge >= 0.3 is 0 Å². The number of phenolic OH excluding ortho intramolecular Hbond substituents is 1. The van der Waals surface area contributed by atoms with Gasteiger partial charge in [0, 0.05) is 6.07 Å². The third-order valence-electron chi connectivity index (χ3n) is 2.01. The van der Waals surface area contributed by atoms with Gasteiger partial charge in [-0.2, -0.15) is 5.10 Å². The minimum Gasteiger partial charge on any atom is -0.504 e. The zero-order valence-electron chi connectivity index (χ0n) is 7.76. The van der Waals surface area contributed by atoms with Crippen molar-refractivity contribution < 1.29 is 13.9 Å². The van der Waals surface area contributed by atoms with E-state index in [0.29, 0.717) is 6.07 Å². The Morgan fingerprint density at radius 3 is 2.62 bits per heavy atom. The molecule has 84 valence electrons. The molecule has 0 unspecified atom stereocenters. The third-order valence-corrected chi connectivity index (χ3v) is 2.29. The summed E-state index contributed by atoms with van der Waals surface area (Å²) in [5, 5.41) is 14.9. The van der Waals surface area contributed by atoms with Crippen molar-refractivity contribution in [3.05, 3.63) is 28.8 Å². The Labute approximate surface area is 93.7 Å². The van der Waals surface area contributed by atoms with E-state index in [4.69, 9.17) is 17.3 Å². The average Bonchev–Trinajstić information content (AvgIpc) is 2.62. The Bertz CT molecular complexity index is 530. The number of rotatable bonds is 1. The summed E-state index contributed by atoms with van der Waals surface area (Å²) in [6.07, 6.45) is 0. The molecule has 0 saturated heterocycles. The van der Waals surface area contributed by atoms with Gasteiger partial charge in [-0.05, 0) is 6.07 Å². The molecule has 0 aliphatic carbocycles. The van der Waals surface area contributed by atoms with Crippen LogP contribution in [0.2, 0.25) is 5.02 Å². The number of aromatic hydroxyl groups is 1. The van der Waals surface area contributed by atoms with Crippen LogP contribution >= 0.6 is 11.6 Å². The lowest BCUT2D eigenvalue weighted by Gasteiger charge is -2.06. The number of nitrogens with zero attached hydrogens (tertiary/aromatic N) is 1. The zero-order chi connectivity index (χ0) is 11.9. The largest absolute Gasteiger partial charge is 0.504 e. The number of aromatic nitrogens is 2. The molecule has 2 aromatic rings. The van der Waals surface area contributed by atoms with Crippen LogP contribution in [0.15, 0.2) is 12.1 Å². The van der Waals surface area contributed by atoms with Crippen LogP contribution in [0.25, 0.3) is 11.3 Å². The molecule has 1 aromatic carbocycles. The van der Waals surface area contributed by atoms with Crippen molar-refractivity contribution in [2.24, 2.45) is 0 Å². The second-order valence-electron chi connectivity index (χ2n) is 3.08. The van der Waals surface area contributed by atoms with E-state index in [2.05, 4.69) is 10.2 Å². The molecule has 1 heterocycles. The minimum absolute atomic E-state index is 0.0499. The zero-order valence-corrected chi connectivity index (χ0v) is 8.52. The molecule has 4 nitrogen and oxygen atoms in total. The van der Waals surface area contributed by atoms with Crippen LogP contribution < -0.4 is 5.73 Å². The highest BCUT2D eigenvalue weighted by atomic mass is 35.5. The van der Waals surface area contributed by atoms with Crippen LogP contribution in [0.1, 0.15) is 0 Å². The molecule has 0 atom stereocenters. The number of hydrogen-bond acceptors (Lipinski definition) is 3. The predicted molar refractivity (Wildman–Crippen MR) is 55.0 cm³/mol. The van der Waals surface area contributed by atoms with E-state index < -0.39 is 28.0 Å². The average molecular weight is 246 g/mol. The van der Waals surface area contributed by atoms with Gasteiger partial charge in [0.15, 0.2) is 17.4 Å². The lowest BCUT2D eigenvalue weighted by Crippen LogP contribution is -1.91. The highest BCUT2D eigenvalue weighted by Crippen LogP contribution is 2.37. The SMILES string of the molecule is Nc1cc(-c2c(O)c(F)cc(Cl)c2F)[nH]n1. The van der Waals surface area contributed by atoms with Gasteiger partial charge in [-0.15, -0.1) is 0 Å². The number of nitrogen functional groups attached to an aromatic ring is 1. The molecule has 16 heavy (non-hydrogen) atoms. The maximum absolute atomic E-state index is 13.6. The fourth-order valence-electron chi connectivity index (χ4n) is 1.30. The van der Waals surface area contributed by atoms with E-state index in [1.54, 1.807) is 0 Å². The number of anilines is 1. The Balaban J connectivity index is 2.73. The van der Waals surface area contributed by atoms with E-state index in [1.165, 1.54) is 6.07 Å². The maximum atomic E-state index is 13.6. The fraction of sp³-hybridized carbons (Fsp3) is 0. The number of benzene rings is 1. The summed E-state index contributed by atoms with van der Waals surface area (Å²) >= 11 is 5.46. The molecule has 2 rings (SSSR count). The molecule has 0 radical (unpaired) electrons. The number of nitrogens with two attached hydrogens (primary N) is 1. The molecule has 0 spiro atoms. The maximum Gasteiger partial charge on any atom is 0.167 e. The van der Waals surface area contributed by atoms with Crippen molar-refractivity contribution in [3.63, 3.8) is 0 Å². The second kappa shape index (κ2) is 3.64. The first-order chi connectivity index (χ1) is 7.50. The Hall–Kier alpha value is -1.82. The van der Waals surface area contributed by atoms with Gasteiger partial charge in [0.25, 0.3) is 0 Å². The summed E-state index contributed by atoms with van der Waals surface area (Å²) in [5.74, 6) is -2.71. The highest BCUT2D eigenvalue weighted by molar-refractivity contribution is 6.31. The molecule has 0 aliphatic heterocycles. The van der Waals surface area contributed by atoms with Crippen LogP contribution in [0.3, 0.4) is 0 Å². The van der Waals surface area contributed by atoms with Gasteiger partial charge in [0.05, 0.1) is 16.3 Å². The summed E-state index contributed by atoms with van der Waals surface area (Å²) in [6, 6.07) is 1.95. The normalized spacial score (nSPS) is 10.7. The van der Waals surface area contributed by atoms with Crippen LogP contribution in [-0.2, 0) is 0 Å². The first-order valence-electron chi connectivity index (χ1n) is 4.18. The smallest absolute Gasteiger partial charge is 0.167 e. The van der Waals surface area contributed by atoms with Crippen LogP contribution in [0.4, 0.5) is 14.6 Å². The van der Waals surface area contributed by atoms with E-state index in [1.807, 2.05) is 0 Å². The lowest BCUT2D eigenvalue weighted by atomic mass is 10.1. The van der Waals surface area contributed by atoms with E-state index in [0.717, 1.165) is 0 Å². The fourth-order valence-corrected chi connectivity index (χ4v) is 1.49. The van der Waals surface area contributed by atoms with Crippen LogP contribution in [0, 0.1) is 11.6 Å². The summed E-state index contributed by atoms with van der Waals surface area (Å²) in [6.45, 7) is 0. The molecule has 0 saturated carbocycles. The van der Waals surface area contributed by atoms with Crippen LogP contribution in [0.5, 0.6) is 5.75 Å². The standard InChI is InChI=1S/C9H6ClF2N3O/c10-3-1-4(11)9(16)7(8(3)12)5-2-6(13)15-14-5/h1-2,16H,(H3,13,14,15). The minimum atomic E-state index is -1.02. The number of hydrogen-bond donors (Lipinski definition) is 3. The molecule has 0 amide bonds.